The summed E-state index contributed by atoms with van der Waals surface area (Å²) in [5, 5.41) is 2.70. The second-order valence-electron chi connectivity index (χ2n) is 7.87. The molecule has 1 aromatic rings. The summed E-state index contributed by atoms with van der Waals surface area (Å²) >= 11 is 5.75. The quantitative estimate of drug-likeness (QED) is 0.808. The highest BCUT2D eigenvalue weighted by Crippen LogP contribution is 2.22. The molecule has 0 radical (unpaired) electrons. The van der Waals surface area contributed by atoms with Crippen LogP contribution in [-0.2, 0) is 4.74 Å². The first-order valence-corrected chi connectivity index (χ1v) is 9.38. The van der Waals surface area contributed by atoms with Gasteiger partial charge in [-0.15, -0.1) is 0 Å². The summed E-state index contributed by atoms with van der Waals surface area (Å²) in [5.41, 5.74) is -0.0975. The Morgan fingerprint density at radius 1 is 1.41 bits per heavy atom. The van der Waals surface area contributed by atoms with Crippen LogP contribution >= 0.6 is 11.6 Å². The average molecular weight is 400 g/mol. The summed E-state index contributed by atoms with van der Waals surface area (Å²) in [7, 11) is 1.70. The van der Waals surface area contributed by atoms with Crippen LogP contribution < -0.4 is 5.32 Å². The molecule has 0 spiro atoms. The molecule has 1 aliphatic rings. The minimum atomic E-state index is -0.541. The van der Waals surface area contributed by atoms with Crippen molar-refractivity contribution in [2.75, 3.05) is 32.0 Å². The first-order chi connectivity index (χ1) is 12.5. The highest BCUT2D eigenvalue weighted by molar-refractivity contribution is 6.31. The van der Waals surface area contributed by atoms with Crippen molar-refractivity contribution < 1.29 is 18.7 Å². The first-order valence-electron chi connectivity index (χ1n) is 9.00. The second-order valence-corrected chi connectivity index (χ2v) is 8.28. The fraction of sp³-hybridized carbons (Fsp3) is 0.579. The van der Waals surface area contributed by atoms with Gasteiger partial charge in [-0.2, -0.15) is 0 Å². The lowest BCUT2D eigenvalue weighted by Crippen LogP contribution is -2.46. The van der Waals surface area contributed by atoms with Crippen molar-refractivity contribution in [1.29, 1.82) is 0 Å². The van der Waals surface area contributed by atoms with Crippen molar-refractivity contribution in [3.63, 3.8) is 0 Å². The maximum atomic E-state index is 13.2. The number of rotatable bonds is 3. The molecule has 0 aliphatic carbocycles. The molecule has 8 heteroatoms. The summed E-state index contributed by atoms with van der Waals surface area (Å²) < 4.78 is 18.6. The van der Waals surface area contributed by atoms with Crippen LogP contribution in [0.4, 0.5) is 19.7 Å². The van der Waals surface area contributed by atoms with E-state index in [-0.39, 0.29) is 23.1 Å². The number of nitrogens with one attached hydrogen (secondary N) is 1. The molecule has 1 fully saturated rings. The first kappa shape index (κ1) is 21.3. The van der Waals surface area contributed by atoms with Crippen molar-refractivity contribution in [3.8, 4) is 0 Å². The Hall–Kier alpha value is -2.02. The van der Waals surface area contributed by atoms with E-state index in [4.69, 9.17) is 16.3 Å². The normalized spacial score (nSPS) is 17.4. The number of hydrogen-bond donors (Lipinski definition) is 1. The minimum Gasteiger partial charge on any atom is -0.444 e. The van der Waals surface area contributed by atoms with Gasteiger partial charge in [-0.1, -0.05) is 11.6 Å². The zero-order chi connectivity index (χ0) is 20.2. The molecule has 6 nitrogen and oxygen atoms in total. The van der Waals surface area contributed by atoms with E-state index in [9.17, 15) is 14.0 Å². The van der Waals surface area contributed by atoms with Crippen LogP contribution in [0.15, 0.2) is 18.2 Å². The Kier molecular flexibility index (Phi) is 6.92. The van der Waals surface area contributed by atoms with Crippen LogP contribution in [0.25, 0.3) is 0 Å². The maximum absolute atomic E-state index is 13.2. The van der Waals surface area contributed by atoms with Crippen molar-refractivity contribution in [1.82, 2.24) is 9.80 Å². The smallest absolute Gasteiger partial charge is 0.410 e. The highest BCUT2D eigenvalue weighted by Gasteiger charge is 2.27. The Balaban J connectivity index is 1.89. The van der Waals surface area contributed by atoms with E-state index in [0.717, 1.165) is 12.8 Å². The van der Waals surface area contributed by atoms with Gasteiger partial charge in [0.1, 0.15) is 11.4 Å². The van der Waals surface area contributed by atoms with Crippen molar-refractivity contribution in [2.45, 2.75) is 39.2 Å². The highest BCUT2D eigenvalue weighted by atomic mass is 35.5. The molecule has 1 aliphatic heterocycles. The van der Waals surface area contributed by atoms with Crippen molar-refractivity contribution in [2.24, 2.45) is 5.92 Å². The summed E-state index contributed by atoms with van der Waals surface area (Å²) in [6.45, 7) is 7.16. The number of nitrogens with zero attached hydrogens (tertiary/aromatic N) is 2. The van der Waals surface area contributed by atoms with E-state index < -0.39 is 11.4 Å². The molecule has 3 amide bonds. The van der Waals surface area contributed by atoms with Gasteiger partial charge in [0, 0.05) is 32.4 Å². The zero-order valence-corrected chi connectivity index (χ0v) is 17.0. The van der Waals surface area contributed by atoms with Gasteiger partial charge >= 0.3 is 12.1 Å². The van der Waals surface area contributed by atoms with Crippen LogP contribution in [0.3, 0.4) is 0 Å². The molecule has 27 heavy (non-hydrogen) atoms. The van der Waals surface area contributed by atoms with Crippen LogP contribution in [-0.4, -0.2) is 54.2 Å². The Morgan fingerprint density at radius 3 is 2.74 bits per heavy atom. The third kappa shape index (κ3) is 6.57. The summed E-state index contributed by atoms with van der Waals surface area (Å²) in [5.74, 6) is -0.364. The lowest BCUT2D eigenvalue weighted by Gasteiger charge is -2.35. The Labute approximate surface area is 164 Å². The molecule has 1 saturated heterocycles. The molecule has 0 bridgehead atoms. The number of anilines is 1. The van der Waals surface area contributed by atoms with E-state index in [2.05, 4.69) is 5.32 Å². The van der Waals surface area contributed by atoms with Gasteiger partial charge in [0.05, 0.1) is 5.02 Å². The number of carbonyl (C=O) groups excluding carboxylic acids is 2. The van der Waals surface area contributed by atoms with Gasteiger partial charge < -0.3 is 19.9 Å². The van der Waals surface area contributed by atoms with Crippen LogP contribution in [0.5, 0.6) is 0 Å². The molecule has 0 saturated carbocycles. The lowest BCUT2D eigenvalue weighted by molar-refractivity contribution is 0.0253. The number of ether oxygens (including phenoxy) is 1. The second kappa shape index (κ2) is 8.78. The number of carbonyl (C=O) groups is 2. The molecule has 150 valence electrons. The topological polar surface area (TPSA) is 61.9 Å². The predicted molar refractivity (Wildman–Crippen MR) is 104 cm³/mol. The van der Waals surface area contributed by atoms with Gasteiger partial charge in [0.25, 0.3) is 0 Å². The molecular formula is C19H27ClFN3O3. The minimum absolute atomic E-state index is 0.0386. The van der Waals surface area contributed by atoms with Gasteiger partial charge in [0.2, 0.25) is 0 Å². The van der Waals surface area contributed by atoms with E-state index in [0.29, 0.717) is 25.3 Å². The predicted octanol–water partition coefficient (Wildman–Crippen LogP) is 4.59. The van der Waals surface area contributed by atoms with Crippen LogP contribution in [0.1, 0.15) is 33.6 Å². The van der Waals surface area contributed by atoms with E-state index in [1.54, 1.807) is 16.8 Å². The van der Waals surface area contributed by atoms with Crippen LogP contribution in [0, 0.1) is 11.7 Å². The largest absolute Gasteiger partial charge is 0.444 e. The number of amides is 3. The molecule has 1 unspecified atom stereocenters. The SMILES string of the molecule is CN(CC1CCCN(C(=O)Nc2ccc(F)c(Cl)c2)C1)C(=O)OC(C)(C)C. The summed E-state index contributed by atoms with van der Waals surface area (Å²) in [6, 6.07) is 3.80. The fourth-order valence-corrected chi connectivity index (χ4v) is 3.16. The lowest BCUT2D eigenvalue weighted by atomic mass is 9.98. The third-order valence-electron chi connectivity index (χ3n) is 4.21. The van der Waals surface area contributed by atoms with Gasteiger partial charge in [-0.05, 0) is 57.7 Å². The van der Waals surface area contributed by atoms with Gasteiger partial charge in [-0.3, -0.25) is 0 Å². The fourth-order valence-electron chi connectivity index (χ4n) is 2.98. The van der Waals surface area contributed by atoms with E-state index in [1.165, 1.54) is 18.2 Å². The molecular weight excluding hydrogens is 373 g/mol. The average Bonchev–Trinajstić information content (AvgIpc) is 2.57. The number of benzene rings is 1. The van der Waals surface area contributed by atoms with Crippen molar-refractivity contribution >= 4 is 29.4 Å². The number of likely N-dealkylation sites (tertiary alicyclic amines) is 1. The zero-order valence-electron chi connectivity index (χ0n) is 16.2. The van der Waals surface area contributed by atoms with Crippen molar-refractivity contribution in [3.05, 3.63) is 29.0 Å². The maximum Gasteiger partial charge on any atom is 0.410 e. The number of hydrogen-bond acceptors (Lipinski definition) is 3. The summed E-state index contributed by atoms with van der Waals surface area (Å²) in [6.07, 6.45) is 1.41. The molecule has 1 heterocycles. The van der Waals surface area contributed by atoms with Crippen LogP contribution in [0.2, 0.25) is 5.02 Å². The Morgan fingerprint density at radius 2 is 2.11 bits per heavy atom. The molecule has 1 atom stereocenters. The number of halogens is 2. The Bertz CT molecular complexity index is 693. The number of piperidine rings is 1. The molecule has 0 aromatic heterocycles. The monoisotopic (exact) mass is 399 g/mol. The molecule has 2 rings (SSSR count). The van der Waals surface area contributed by atoms with E-state index >= 15 is 0 Å². The van der Waals surface area contributed by atoms with E-state index in [1.807, 2.05) is 20.8 Å². The third-order valence-corrected chi connectivity index (χ3v) is 4.50. The molecule has 1 aromatic carbocycles. The number of urea groups is 1. The van der Waals surface area contributed by atoms with Gasteiger partial charge in [-0.25, -0.2) is 14.0 Å². The molecule has 1 N–H and O–H groups in total. The summed E-state index contributed by atoms with van der Waals surface area (Å²) in [4.78, 5) is 27.9. The van der Waals surface area contributed by atoms with Gasteiger partial charge in [0.15, 0.2) is 0 Å². The standard InChI is InChI=1S/C19H27ClFN3O3/c1-19(2,3)27-18(26)23(4)11-13-6-5-9-24(12-13)17(25)22-14-7-8-16(21)15(20)10-14/h7-8,10,13H,5-6,9,11-12H2,1-4H3,(H,22,25).